The highest BCUT2D eigenvalue weighted by Gasteiger charge is 2.56. The maximum absolute atomic E-state index is 15.1. The Bertz CT molecular complexity index is 1180. The normalized spacial score (nSPS) is 28.5. The maximum atomic E-state index is 15.1. The average Bonchev–Trinajstić information content (AvgIpc) is 3.09. The number of benzene rings is 1. The van der Waals surface area contributed by atoms with E-state index in [4.69, 9.17) is 9.47 Å². The van der Waals surface area contributed by atoms with E-state index in [2.05, 4.69) is 32.4 Å². The second kappa shape index (κ2) is 7.91. The molecule has 8 nitrogen and oxygen atoms in total. The monoisotopic (exact) mass is 451 g/mol. The zero-order valence-corrected chi connectivity index (χ0v) is 18.7. The van der Waals surface area contributed by atoms with E-state index < -0.39 is 17.8 Å². The number of aromatic nitrogens is 4. The molecule has 172 valence electrons. The van der Waals surface area contributed by atoms with E-state index in [0.717, 1.165) is 24.0 Å². The summed E-state index contributed by atoms with van der Waals surface area (Å²) in [4.78, 5) is 8.38. The SMILES string of the molecule is COc1cc(-c2ccc(-c3ncc(O[C@@H]4C[C@@]5(C)CC[C@](C)(N5)[C@@H]4F)nn3)c(O)c2)ccn1. The molecule has 4 heterocycles. The molecule has 2 fully saturated rings. The van der Waals surface area contributed by atoms with Crippen LogP contribution in [0.25, 0.3) is 22.5 Å². The van der Waals surface area contributed by atoms with Crippen molar-refractivity contribution in [3.8, 4) is 40.0 Å². The van der Waals surface area contributed by atoms with Gasteiger partial charge in [0.05, 0.1) is 24.4 Å². The van der Waals surface area contributed by atoms with E-state index in [1.165, 1.54) is 6.20 Å². The highest BCUT2D eigenvalue weighted by molar-refractivity contribution is 5.73. The van der Waals surface area contributed by atoms with Gasteiger partial charge in [0, 0.05) is 24.2 Å². The first-order valence-electron chi connectivity index (χ1n) is 10.9. The van der Waals surface area contributed by atoms with Crippen LogP contribution in [-0.4, -0.2) is 55.7 Å². The van der Waals surface area contributed by atoms with E-state index in [0.29, 0.717) is 17.9 Å². The second-order valence-corrected chi connectivity index (χ2v) is 9.30. The molecule has 2 aliphatic heterocycles. The van der Waals surface area contributed by atoms with E-state index in [-0.39, 0.29) is 23.0 Å². The topological polar surface area (TPSA) is 102 Å². The number of nitrogens with one attached hydrogen (secondary N) is 1. The zero-order chi connectivity index (χ0) is 23.2. The van der Waals surface area contributed by atoms with Crippen molar-refractivity contribution in [3.63, 3.8) is 0 Å². The lowest BCUT2D eigenvalue weighted by atomic mass is 9.85. The lowest BCUT2D eigenvalue weighted by Gasteiger charge is -2.43. The highest BCUT2D eigenvalue weighted by atomic mass is 19.1. The van der Waals surface area contributed by atoms with Gasteiger partial charge < -0.3 is 19.9 Å². The van der Waals surface area contributed by atoms with Gasteiger partial charge in [0.25, 0.3) is 5.88 Å². The van der Waals surface area contributed by atoms with Gasteiger partial charge in [0.1, 0.15) is 11.9 Å². The van der Waals surface area contributed by atoms with Crippen molar-refractivity contribution >= 4 is 0 Å². The number of ether oxygens (including phenoxy) is 2. The number of fused-ring (bicyclic) bond motifs is 2. The predicted molar refractivity (Wildman–Crippen MR) is 120 cm³/mol. The number of halogens is 1. The first-order chi connectivity index (χ1) is 15.8. The molecule has 2 N–H and O–H groups in total. The molecule has 0 unspecified atom stereocenters. The molecule has 4 atom stereocenters. The van der Waals surface area contributed by atoms with Crippen LogP contribution in [0.4, 0.5) is 4.39 Å². The summed E-state index contributed by atoms with van der Waals surface area (Å²) in [5, 5.41) is 22.2. The van der Waals surface area contributed by atoms with Crippen LogP contribution in [-0.2, 0) is 0 Å². The van der Waals surface area contributed by atoms with Gasteiger partial charge in [0.15, 0.2) is 12.0 Å². The fourth-order valence-electron chi connectivity index (χ4n) is 4.97. The molecule has 9 heteroatoms. The predicted octanol–water partition coefficient (Wildman–Crippen LogP) is 3.70. The third-order valence-corrected chi connectivity index (χ3v) is 6.70. The van der Waals surface area contributed by atoms with Crippen LogP contribution < -0.4 is 14.8 Å². The zero-order valence-electron chi connectivity index (χ0n) is 18.7. The van der Waals surface area contributed by atoms with Gasteiger partial charge in [-0.3, -0.25) is 0 Å². The van der Waals surface area contributed by atoms with Gasteiger partial charge in [-0.2, -0.15) is 0 Å². The van der Waals surface area contributed by atoms with Crippen molar-refractivity contribution in [2.45, 2.75) is 56.5 Å². The first kappa shape index (κ1) is 21.5. The summed E-state index contributed by atoms with van der Waals surface area (Å²) in [6, 6.07) is 8.80. The summed E-state index contributed by atoms with van der Waals surface area (Å²) in [6.07, 6.45) is 3.53. The molecule has 0 radical (unpaired) electrons. The quantitative estimate of drug-likeness (QED) is 0.605. The van der Waals surface area contributed by atoms with Crippen molar-refractivity contribution in [2.24, 2.45) is 0 Å². The van der Waals surface area contributed by atoms with Gasteiger partial charge in [0.2, 0.25) is 5.88 Å². The fourth-order valence-corrected chi connectivity index (χ4v) is 4.97. The van der Waals surface area contributed by atoms with Crippen LogP contribution in [0, 0.1) is 0 Å². The van der Waals surface area contributed by atoms with Crippen LogP contribution in [0.1, 0.15) is 33.1 Å². The van der Waals surface area contributed by atoms with Gasteiger partial charge >= 0.3 is 0 Å². The van der Waals surface area contributed by atoms with Crippen LogP contribution >= 0.6 is 0 Å². The number of pyridine rings is 1. The smallest absolute Gasteiger partial charge is 0.252 e. The Labute approximate surface area is 191 Å². The van der Waals surface area contributed by atoms with Crippen LogP contribution in [0.3, 0.4) is 0 Å². The summed E-state index contributed by atoms with van der Waals surface area (Å²) in [6.45, 7) is 4.00. The van der Waals surface area contributed by atoms with E-state index in [1.807, 2.05) is 19.1 Å². The maximum Gasteiger partial charge on any atom is 0.252 e. The standard InChI is InChI=1S/C24H26FN5O3/c1-23-7-8-24(2,30-23)21(25)18(12-23)33-20-13-27-22(29-28-20)16-5-4-14(10-17(16)31)15-6-9-26-19(11-15)32-3/h4-6,9-11,13,18,21,30-31H,7-8,12H2,1-3H3/t18-,21-,23-,24+/m1/s1. The number of aromatic hydroxyl groups is 1. The third kappa shape index (κ3) is 3.97. The van der Waals surface area contributed by atoms with Crippen molar-refractivity contribution in [1.82, 2.24) is 25.5 Å². The molecule has 3 aromatic rings. The Balaban J connectivity index is 1.33. The Kier molecular flexibility index (Phi) is 5.16. The molecule has 0 amide bonds. The molecular weight excluding hydrogens is 425 g/mol. The van der Waals surface area contributed by atoms with Gasteiger partial charge in [-0.15, -0.1) is 10.2 Å². The van der Waals surface area contributed by atoms with Crippen molar-refractivity contribution in [2.75, 3.05) is 7.11 Å². The van der Waals surface area contributed by atoms with Crippen LogP contribution in [0.15, 0.2) is 42.7 Å². The summed E-state index contributed by atoms with van der Waals surface area (Å²) in [7, 11) is 1.55. The number of piperidine rings is 1. The van der Waals surface area contributed by atoms with Crippen LogP contribution in [0.5, 0.6) is 17.5 Å². The molecule has 0 spiro atoms. The number of phenols is 1. The van der Waals surface area contributed by atoms with Crippen molar-refractivity contribution in [1.29, 1.82) is 0 Å². The molecule has 2 bridgehead atoms. The van der Waals surface area contributed by atoms with E-state index in [1.54, 1.807) is 31.5 Å². The molecule has 1 aromatic carbocycles. The van der Waals surface area contributed by atoms with Gasteiger partial charge in [-0.1, -0.05) is 6.07 Å². The summed E-state index contributed by atoms with van der Waals surface area (Å²) < 4.78 is 26.1. The minimum atomic E-state index is -1.15. The third-order valence-electron chi connectivity index (χ3n) is 6.70. The molecule has 5 rings (SSSR count). The summed E-state index contributed by atoms with van der Waals surface area (Å²) >= 11 is 0. The second-order valence-electron chi connectivity index (χ2n) is 9.30. The first-order valence-corrected chi connectivity index (χ1v) is 10.9. The average molecular weight is 452 g/mol. The number of methoxy groups -OCH3 is 1. The number of nitrogens with zero attached hydrogens (tertiary/aromatic N) is 4. The Morgan fingerprint density at radius 1 is 1.06 bits per heavy atom. The van der Waals surface area contributed by atoms with E-state index in [9.17, 15) is 5.11 Å². The lowest BCUT2D eigenvalue weighted by molar-refractivity contribution is -0.00973. The summed E-state index contributed by atoms with van der Waals surface area (Å²) in [5.74, 6) is 0.914. The largest absolute Gasteiger partial charge is 0.507 e. The molecule has 0 aliphatic carbocycles. The molecular formula is C24H26FN5O3. The molecule has 2 aliphatic rings. The Morgan fingerprint density at radius 2 is 1.88 bits per heavy atom. The summed E-state index contributed by atoms with van der Waals surface area (Å²) in [5.41, 5.74) is 1.34. The van der Waals surface area contributed by atoms with Crippen molar-refractivity contribution < 1.29 is 19.0 Å². The number of alkyl halides is 1. The minimum Gasteiger partial charge on any atom is -0.507 e. The number of hydrogen-bond donors (Lipinski definition) is 2. The number of hydrogen-bond acceptors (Lipinski definition) is 8. The number of rotatable bonds is 5. The van der Waals surface area contributed by atoms with Crippen molar-refractivity contribution in [3.05, 3.63) is 42.7 Å². The minimum absolute atomic E-state index is 0.0124. The Morgan fingerprint density at radius 3 is 2.61 bits per heavy atom. The van der Waals surface area contributed by atoms with Crippen LogP contribution in [0.2, 0.25) is 0 Å². The molecule has 2 saturated heterocycles. The van der Waals surface area contributed by atoms with Gasteiger partial charge in [-0.25, -0.2) is 14.4 Å². The Hall–Kier alpha value is -3.33. The number of phenolic OH excluding ortho intramolecular Hbond substituents is 1. The van der Waals surface area contributed by atoms with E-state index >= 15 is 4.39 Å². The molecule has 33 heavy (non-hydrogen) atoms. The fraction of sp³-hybridized carbons (Fsp3) is 0.417. The van der Waals surface area contributed by atoms with Gasteiger partial charge in [-0.05, 0) is 56.0 Å². The lowest BCUT2D eigenvalue weighted by Crippen LogP contribution is -2.63. The molecule has 2 aromatic heterocycles. The highest BCUT2D eigenvalue weighted by Crippen LogP contribution is 2.44. The molecule has 0 saturated carbocycles.